The number of hydrogen-bond donors (Lipinski definition) is 0. The predicted molar refractivity (Wildman–Crippen MR) is 108 cm³/mol. The number of para-hydroxylation sites is 2. The molecule has 1 aliphatic rings. The van der Waals surface area contributed by atoms with Crippen molar-refractivity contribution in [1.29, 1.82) is 0 Å². The molecule has 0 aliphatic carbocycles. The Morgan fingerprint density at radius 3 is 2.37 bits per heavy atom. The number of carbonyl (C=O) groups is 1. The molecule has 1 saturated heterocycles. The Kier molecular flexibility index (Phi) is 5.59. The Morgan fingerprint density at radius 2 is 1.70 bits per heavy atom. The highest BCUT2D eigenvalue weighted by molar-refractivity contribution is 5.85. The molecule has 144 valence electrons. The van der Waals surface area contributed by atoms with Crippen molar-refractivity contribution in [3.63, 3.8) is 0 Å². The minimum atomic E-state index is -0.902. The van der Waals surface area contributed by atoms with Crippen LogP contribution >= 0.6 is 0 Å². The van der Waals surface area contributed by atoms with Gasteiger partial charge in [-0.25, -0.2) is 0 Å². The number of aryl methyl sites for hydroxylation is 1. The second-order valence-corrected chi connectivity index (χ2v) is 7.38. The molecule has 1 amide bonds. The summed E-state index contributed by atoms with van der Waals surface area (Å²) in [6.07, 6.45) is 0. The van der Waals surface area contributed by atoms with Crippen LogP contribution in [0.15, 0.2) is 48.5 Å². The zero-order chi connectivity index (χ0) is 19.4. The van der Waals surface area contributed by atoms with Gasteiger partial charge < -0.3 is 19.3 Å². The molecule has 3 rings (SSSR count). The largest absolute Gasteiger partial charge is 0.495 e. The number of piperazine rings is 1. The van der Waals surface area contributed by atoms with Crippen molar-refractivity contribution in [3.8, 4) is 11.5 Å². The number of benzene rings is 2. The van der Waals surface area contributed by atoms with E-state index in [1.54, 1.807) is 7.11 Å². The van der Waals surface area contributed by atoms with Crippen LogP contribution in [0.3, 0.4) is 0 Å². The molecule has 0 spiro atoms. The van der Waals surface area contributed by atoms with E-state index < -0.39 is 5.60 Å². The van der Waals surface area contributed by atoms with Crippen LogP contribution < -0.4 is 14.4 Å². The summed E-state index contributed by atoms with van der Waals surface area (Å²) in [4.78, 5) is 17.2. The molecule has 0 bridgehead atoms. The second kappa shape index (κ2) is 7.91. The molecule has 1 heterocycles. The molecule has 2 aromatic rings. The van der Waals surface area contributed by atoms with Gasteiger partial charge in [0.05, 0.1) is 12.8 Å². The van der Waals surface area contributed by atoms with Gasteiger partial charge in [-0.15, -0.1) is 0 Å². The zero-order valence-electron chi connectivity index (χ0n) is 16.6. The minimum absolute atomic E-state index is 0.0173. The van der Waals surface area contributed by atoms with Gasteiger partial charge in [0, 0.05) is 26.2 Å². The van der Waals surface area contributed by atoms with Crippen molar-refractivity contribution in [2.24, 2.45) is 0 Å². The van der Waals surface area contributed by atoms with Crippen molar-refractivity contribution < 1.29 is 14.3 Å². The van der Waals surface area contributed by atoms with E-state index >= 15 is 0 Å². The normalized spacial score (nSPS) is 14.8. The Hall–Kier alpha value is -2.69. The van der Waals surface area contributed by atoms with Crippen LogP contribution in [-0.2, 0) is 4.79 Å². The lowest BCUT2D eigenvalue weighted by Crippen LogP contribution is -2.55. The fourth-order valence-electron chi connectivity index (χ4n) is 3.44. The van der Waals surface area contributed by atoms with Crippen molar-refractivity contribution >= 4 is 11.6 Å². The fourth-order valence-corrected chi connectivity index (χ4v) is 3.44. The van der Waals surface area contributed by atoms with Gasteiger partial charge >= 0.3 is 0 Å². The molecule has 0 N–H and O–H groups in total. The van der Waals surface area contributed by atoms with Crippen LogP contribution in [0.5, 0.6) is 11.5 Å². The molecule has 1 fully saturated rings. The van der Waals surface area contributed by atoms with Gasteiger partial charge in [0.2, 0.25) is 0 Å². The molecular formula is C22H28N2O3. The third-order valence-electron chi connectivity index (χ3n) is 4.87. The van der Waals surface area contributed by atoms with Gasteiger partial charge in [-0.2, -0.15) is 0 Å². The maximum atomic E-state index is 13.0. The Morgan fingerprint density at radius 1 is 1.00 bits per heavy atom. The van der Waals surface area contributed by atoms with Gasteiger partial charge in [-0.05, 0) is 50.6 Å². The zero-order valence-corrected chi connectivity index (χ0v) is 16.6. The molecule has 2 aromatic carbocycles. The number of anilines is 1. The van der Waals surface area contributed by atoms with Crippen molar-refractivity contribution in [1.82, 2.24) is 4.90 Å². The number of carbonyl (C=O) groups excluding carboxylic acids is 1. The monoisotopic (exact) mass is 368 g/mol. The summed E-state index contributed by atoms with van der Waals surface area (Å²) < 4.78 is 11.5. The Bertz CT molecular complexity index is 796. The van der Waals surface area contributed by atoms with E-state index in [1.165, 1.54) is 0 Å². The lowest BCUT2D eigenvalue weighted by Gasteiger charge is -2.39. The van der Waals surface area contributed by atoms with Crippen LogP contribution in [0.4, 0.5) is 5.69 Å². The molecule has 0 unspecified atom stereocenters. The molecule has 0 atom stereocenters. The summed E-state index contributed by atoms with van der Waals surface area (Å²) in [6.45, 7) is 8.56. The number of hydrogen-bond acceptors (Lipinski definition) is 4. The molecule has 27 heavy (non-hydrogen) atoms. The van der Waals surface area contributed by atoms with Gasteiger partial charge in [0.15, 0.2) is 5.60 Å². The first-order valence-electron chi connectivity index (χ1n) is 9.34. The number of nitrogens with zero attached hydrogens (tertiary/aromatic N) is 2. The SMILES string of the molecule is COc1ccccc1N1CCN(C(=O)C(C)(C)Oc2cccc(C)c2)CC1. The highest BCUT2D eigenvalue weighted by atomic mass is 16.5. The van der Waals surface area contributed by atoms with E-state index in [-0.39, 0.29) is 5.91 Å². The molecular weight excluding hydrogens is 340 g/mol. The topological polar surface area (TPSA) is 42.0 Å². The molecule has 0 saturated carbocycles. The highest BCUT2D eigenvalue weighted by Crippen LogP contribution is 2.29. The van der Waals surface area contributed by atoms with E-state index in [1.807, 2.05) is 68.1 Å². The Labute approximate surface area is 161 Å². The van der Waals surface area contributed by atoms with E-state index in [0.717, 1.165) is 35.8 Å². The van der Waals surface area contributed by atoms with E-state index in [0.29, 0.717) is 13.1 Å². The first-order valence-corrected chi connectivity index (χ1v) is 9.34. The number of amides is 1. The second-order valence-electron chi connectivity index (χ2n) is 7.38. The smallest absolute Gasteiger partial charge is 0.266 e. The third kappa shape index (κ3) is 4.35. The van der Waals surface area contributed by atoms with Gasteiger partial charge in [-0.3, -0.25) is 4.79 Å². The summed E-state index contributed by atoms with van der Waals surface area (Å²) >= 11 is 0. The molecule has 0 aromatic heterocycles. The van der Waals surface area contributed by atoms with Crippen LogP contribution in [-0.4, -0.2) is 49.7 Å². The molecule has 5 heteroatoms. The van der Waals surface area contributed by atoms with E-state index in [9.17, 15) is 4.79 Å². The summed E-state index contributed by atoms with van der Waals surface area (Å²) in [6, 6.07) is 15.8. The standard InChI is InChI=1S/C22H28N2O3/c1-17-8-7-9-18(16-17)27-22(2,3)21(25)24-14-12-23(13-15-24)19-10-5-6-11-20(19)26-4/h5-11,16H,12-15H2,1-4H3. The lowest BCUT2D eigenvalue weighted by atomic mass is 10.1. The summed E-state index contributed by atoms with van der Waals surface area (Å²) in [5.74, 6) is 1.60. The maximum Gasteiger partial charge on any atom is 0.266 e. The van der Waals surface area contributed by atoms with Crippen LogP contribution in [0.2, 0.25) is 0 Å². The van der Waals surface area contributed by atoms with Crippen LogP contribution in [0.25, 0.3) is 0 Å². The van der Waals surface area contributed by atoms with Crippen LogP contribution in [0, 0.1) is 6.92 Å². The molecule has 1 aliphatic heterocycles. The first kappa shape index (κ1) is 19.1. The number of rotatable bonds is 5. The fraction of sp³-hybridized carbons (Fsp3) is 0.409. The summed E-state index contributed by atoms with van der Waals surface area (Å²) in [5, 5.41) is 0. The van der Waals surface area contributed by atoms with Crippen molar-refractivity contribution in [3.05, 3.63) is 54.1 Å². The quantitative estimate of drug-likeness (QED) is 0.810. The highest BCUT2D eigenvalue weighted by Gasteiger charge is 2.36. The van der Waals surface area contributed by atoms with Gasteiger partial charge in [0.1, 0.15) is 11.5 Å². The van der Waals surface area contributed by atoms with E-state index in [2.05, 4.69) is 11.0 Å². The molecule has 5 nitrogen and oxygen atoms in total. The number of methoxy groups -OCH3 is 1. The number of ether oxygens (including phenoxy) is 2. The van der Waals surface area contributed by atoms with Crippen molar-refractivity contribution in [2.45, 2.75) is 26.4 Å². The van der Waals surface area contributed by atoms with Crippen molar-refractivity contribution in [2.75, 3.05) is 38.2 Å². The van der Waals surface area contributed by atoms with Gasteiger partial charge in [0.25, 0.3) is 5.91 Å². The molecule has 0 radical (unpaired) electrons. The third-order valence-corrected chi connectivity index (χ3v) is 4.87. The average molecular weight is 368 g/mol. The Balaban J connectivity index is 1.63. The average Bonchev–Trinajstić information content (AvgIpc) is 2.67. The predicted octanol–water partition coefficient (Wildman–Crippen LogP) is 3.51. The summed E-state index contributed by atoms with van der Waals surface area (Å²) in [5.41, 5.74) is 1.28. The van der Waals surface area contributed by atoms with Gasteiger partial charge in [-0.1, -0.05) is 24.3 Å². The summed E-state index contributed by atoms with van der Waals surface area (Å²) in [7, 11) is 1.68. The lowest BCUT2D eigenvalue weighted by molar-refractivity contribution is -0.145. The maximum absolute atomic E-state index is 13.0. The first-order chi connectivity index (χ1) is 12.9. The minimum Gasteiger partial charge on any atom is -0.495 e. The van der Waals surface area contributed by atoms with E-state index in [4.69, 9.17) is 9.47 Å². The van der Waals surface area contributed by atoms with Crippen LogP contribution in [0.1, 0.15) is 19.4 Å².